The van der Waals surface area contributed by atoms with Crippen LogP contribution in [0, 0.1) is 5.41 Å². The molecule has 0 N–H and O–H groups in total. The van der Waals surface area contributed by atoms with E-state index in [-0.39, 0.29) is 23.9 Å². The molecule has 0 aliphatic heterocycles. The van der Waals surface area contributed by atoms with Gasteiger partial charge in [-0.1, -0.05) is 109 Å². The van der Waals surface area contributed by atoms with Crippen LogP contribution in [-0.4, -0.2) is 31.0 Å². The van der Waals surface area contributed by atoms with Gasteiger partial charge in [0, 0.05) is 12.0 Å². The van der Waals surface area contributed by atoms with Crippen molar-refractivity contribution in [1.29, 1.82) is 0 Å². The van der Waals surface area contributed by atoms with Crippen LogP contribution < -0.4 is 0 Å². The monoisotopic (exact) mass is 507 g/mol. The summed E-state index contributed by atoms with van der Waals surface area (Å²) in [4.78, 5) is 3.07. The Morgan fingerprint density at radius 2 is 1.25 bits per heavy atom. The second kappa shape index (κ2) is 19.3. The number of azide groups is 1. The van der Waals surface area contributed by atoms with Crippen LogP contribution in [0.25, 0.3) is 10.4 Å². The first-order valence-corrected chi connectivity index (χ1v) is 15.6. The molecule has 0 bridgehead atoms. The first-order valence-electron chi connectivity index (χ1n) is 15.6. The van der Waals surface area contributed by atoms with Crippen LogP contribution in [0.3, 0.4) is 0 Å². The highest BCUT2D eigenvalue weighted by atomic mass is 16.5. The second-order valence-corrected chi connectivity index (χ2v) is 12.3. The molecular formula is C31H61N3O2. The first kappa shape index (κ1) is 33.3. The molecule has 0 radical (unpaired) electrons. The molecule has 3 unspecified atom stereocenters. The van der Waals surface area contributed by atoms with Crippen LogP contribution in [0.4, 0.5) is 0 Å². The van der Waals surface area contributed by atoms with Gasteiger partial charge in [0.15, 0.2) is 0 Å². The SMILES string of the molecule is CCCCC(CCCC)(CCCC)CCCCCCCCC(C)(C)OC1C(N=[N+]=[N-])CCCC1OC. The fourth-order valence-electron chi connectivity index (χ4n) is 6.29. The Bertz CT molecular complexity index is 567. The van der Waals surface area contributed by atoms with E-state index in [1.54, 1.807) is 7.11 Å². The van der Waals surface area contributed by atoms with Gasteiger partial charge in [0.2, 0.25) is 0 Å². The topological polar surface area (TPSA) is 67.2 Å². The number of hydrogen-bond donors (Lipinski definition) is 0. The Morgan fingerprint density at radius 3 is 1.75 bits per heavy atom. The van der Waals surface area contributed by atoms with E-state index in [1.165, 1.54) is 103 Å². The molecule has 1 saturated carbocycles. The summed E-state index contributed by atoms with van der Waals surface area (Å²) >= 11 is 0. The van der Waals surface area contributed by atoms with E-state index in [1.807, 2.05) is 0 Å². The Morgan fingerprint density at radius 1 is 0.750 bits per heavy atom. The van der Waals surface area contributed by atoms with Gasteiger partial charge in [0.25, 0.3) is 0 Å². The minimum absolute atomic E-state index is 0.0209. The second-order valence-electron chi connectivity index (χ2n) is 12.3. The van der Waals surface area contributed by atoms with E-state index in [0.717, 1.165) is 25.7 Å². The zero-order valence-corrected chi connectivity index (χ0v) is 25.0. The highest BCUT2D eigenvalue weighted by molar-refractivity contribution is 4.91. The van der Waals surface area contributed by atoms with Crippen LogP contribution in [0.15, 0.2) is 5.11 Å². The van der Waals surface area contributed by atoms with E-state index < -0.39 is 0 Å². The maximum atomic E-state index is 8.98. The lowest BCUT2D eigenvalue weighted by molar-refractivity contribution is -0.150. The average Bonchev–Trinajstić information content (AvgIpc) is 2.87. The molecule has 5 nitrogen and oxygen atoms in total. The van der Waals surface area contributed by atoms with Gasteiger partial charge in [-0.2, -0.15) is 0 Å². The highest BCUT2D eigenvalue weighted by Gasteiger charge is 2.37. The summed E-state index contributed by atoms with van der Waals surface area (Å²) in [6, 6.07) is -0.118. The molecule has 0 aromatic heterocycles. The molecule has 5 heteroatoms. The predicted molar refractivity (Wildman–Crippen MR) is 154 cm³/mol. The van der Waals surface area contributed by atoms with Crippen molar-refractivity contribution in [2.24, 2.45) is 10.5 Å². The summed E-state index contributed by atoms with van der Waals surface area (Å²) in [5.41, 5.74) is 9.37. The van der Waals surface area contributed by atoms with Crippen molar-refractivity contribution in [2.75, 3.05) is 7.11 Å². The quantitative estimate of drug-likeness (QED) is 0.0632. The van der Waals surface area contributed by atoms with Gasteiger partial charge in [-0.05, 0) is 69.7 Å². The van der Waals surface area contributed by atoms with E-state index in [9.17, 15) is 0 Å². The van der Waals surface area contributed by atoms with Gasteiger partial charge < -0.3 is 9.47 Å². The maximum Gasteiger partial charge on any atom is 0.0928 e. The lowest BCUT2D eigenvalue weighted by Crippen LogP contribution is -2.47. The largest absolute Gasteiger partial charge is 0.379 e. The number of methoxy groups -OCH3 is 1. The molecule has 3 atom stereocenters. The summed E-state index contributed by atoms with van der Waals surface area (Å²) in [6.45, 7) is 11.4. The Kier molecular flexibility index (Phi) is 17.8. The molecule has 0 spiro atoms. The molecule has 1 rings (SSSR count). The van der Waals surface area contributed by atoms with E-state index >= 15 is 0 Å². The van der Waals surface area contributed by atoms with Crippen molar-refractivity contribution >= 4 is 0 Å². The standard InChI is InChI=1S/C31H61N3O2/c1-7-10-23-31(24-11-8-2,25-12-9-3)26-18-16-14-13-15-17-22-30(4,5)36-29-27(33-34-32)20-19-21-28(29)35-6/h27-29H,7-26H2,1-6H3. The molecule has 0 heterocycles. The molecular weight excluding hydrogens is 446 g/mol. The molecule has 0 aromatic carbocycles. The van der Waals surface area contributed by atoms with E-state index in [2.05, 4.69) is 44.6 Å². The van der Waals surface area contributed by atoms with Crippen molar-refractivity contribution in [2.45, 2.75) is 187 Å². The minimum atomic E-state index is -0.223. The molecule has 1 fully saturated rings. The molecule has 36 heavy (non-hydrogen) atoms. The molecule has 0 amide bonds. The molecule has 1 aliphatic rings. The molecule has 0 saturated heterocycles. The van der Waals surface area contributed by atoms with E-state index in [4.69, 9.17) is 15.0 Å². The van der Waals surface area contributed by atoms with Crippen LogP contribution in [0.1, 0.15) is 163 Å². The lowest BCUT2D eigenvalue weighted by atomic mass is 9.71. The summed E-state index contributed by atoms with van der Waals surface area (Å²) in [6.07, 6.45) is 25.8. The van der Waals surface area contributed by atoms with Gasteiger partial charge in [0.05, 0.1) is 23.9 Å². The zero-order valence-electron chi connectivity index (χ0n) is 25.0. The van der Waals surface area contributed by atoms with E-state index in [0.29, 0.717) is 5.41 Å². The fraction of sp³-hybridized carbons (Fsp3) is 1.00. The van der Waals surface area contributed by atoms with Crippen LogP contribution in [0.2, 0.25) is 0 Å². The van der Waals surface area contributed by atoms with Gasteiger partial charge in [-0.25, -0.2) is 0 Å². The van der Waals surface area contributed by atoms with Crippen molar-refractivity contribution in [1.82, 2.24) is 0 Å². The highest BCUT2D eigenvalue weighted by Crippen LogP contribution is 2.41. The number of unbranched alkanes of at least 4 members (excludes halogenated alkanes) is 8. The summed E-state index contributed by atoms with van der Waals surface area (Å²) in [5, 5.41) is 4.03. The van der Waals surface area contributed by atoms with Crippen LogP contribution >= 0.6 is 0 Å². The van der Waals surface area contributed by atoms with Crippen LogP contribution in [0.5, 0.6) is 0 Å². The summed E-state index contributed by atoms with van der Waals surface area (Å²) in [5.74, 6) is 0. The van der Waals surface area contributed by atoms with Gasteiger partial charge >= 0.3 is 0 Å². The Hall–Kier alpha value is -0.770. The summed E-state index contributed by atoms with van der Waals surface area (Å²) < 4.78 is 12.2. The van der Waals surface area contributed by atoms with Gasteiger partial charge in [-0.3, -0.25) is 0 Å². The van der Waals surface area contributed by atoms with Crippen molar-refractivity contribution in [3.63, 3.8) is 0 Å². The number of rotatable bonds is 22. The Balaban J connectivity index is 2.38. The molecule has 1 aliphatic carbocycles. The Labute approximate surface area is 224 Å². The number of ether oxygens (including phenoxy) is 2. The van der Waals surface area contributed by atoms with Gasteiger partial charge in [0.1, 0.15) is 0 Å². The molecule has 0 aromatic rings. The van der Waals surface area contributed by atoms with Crippen molar-refractivity contribution in [3.8, 4) is 0 Å². The smallest absolute Gasteiger partial charge is 0.0928 e. The lowest BCUT2D eigenvalue weighted by Gasteiger charge is -2.40. The maximum absolute atomic E-state index is 8.98. The van der Waals surface area contributed by atoms with Crippen LogP contribution in [-0.2, 0) is 9.47 Å². The fourth-order valence-corrected chi connectivity index (χ4v) is 6.29. The third-order valence-corrected chi connectivity index (χ3v) is 8.61. The van der Waals surface area contributed by atoms with Crippen molar-refractivity contribution in [3.05, 3.63) is 10.4 Å². The number of nitrogens with zero attached hydrogens (tertiary/aromatic N) is 3. The predicted octanol–water partition coefficient (Wildman–Crippen LogP) is 10.7. The average molecular weight is 508 g/mol. The third-order valence-electron chi connectivity index (χ3n) is 8.61. The normalized spacial score (nSPS) is 20.9. The summed E-state index contributed by atoms with van der Waals surface area (Å²) in [7, 11) is 1.74. The minimum Gasteiger partial charge on any atom is -0.379 e. The number of hydrogen-bond acceptors (Lipinski definition) is 3. The third kappa shape index (κ3) is 13.2. The van der Waals surface area contributed by atoms with Crippen molar-refractivity contribution < 1.29 is 9.47 Å². The van der Waals surface area contributed by atoms with Gasteiger partial charge in [-0.15, -0.1) is 0 Å². The zero-order chi connectivity index (χ0) is 26.7. The first-order chi connectivity index (χ1) is 17.4. The molecule has 212 valence electrons.